The normalized spacial score (nSPS) is 12.4. The van der Waals surface area contributed by atoms with Crippen molar-refractivity contribution in [3.63, 3.8) is 0 Å². The molecule has 2 aromatic rings. The van der Waals surface area contributed by atoms with Crippen molar-refractivity contribution in [1.29, 1.82) is 0 Å². The van der Waals surface area contributed by atoms with Gasteiger partial charge >= 0.3 is 0 Å². The summed E-state index contributed by atoms with van der Waals surface area (Å²) in [5.74, 6) is 0. The second kappa shape index (κ2) is 6.20. The Hall–Kier alpha value is -0.350. The van der Waals surface area contributed by atoms with Crippen molar-refractivity contribution in [2.45, 2.75) is 12.5 Å². The molecule has 94 valence electrons. The molecule has 1 unspecified atom stereocenters. The molecule has 2 aromatic carbocycles. The summed E-state index contributed by atoms with van der Waals surface area (Å²) < 4.78 is 2.06. The topological polar surface area (TPSA) is 26.0 Å². The van der Waals surface area contributed by atoms with E-state index in [4.69, 9.17) is 17.3 Å². The lowest BCUT2D eigenvalue weighted by molar-refractivity contribution is 0.718. The third-order valence-electron chi connectivity index (χ3n) is 2.71. The molecular weight excluding hydrogens is 377 g/mol. The predicted octanol–water partition coefficient (Wildman–Crippen LogP) is 5.11. The quantitative estimate of drug-likeness (QED) is 0.776. The maximum Gasteiger partial charge on any atom is 0.0408 e. The van der Waals surface area contributed by atoms with Gasteiger partial charge < -0.3 is 5.73 Å². The first-order valence-electron chi connectivity index (χ1n) is 5.51. The molecule has 2 rings (SSSR count). The van der Waals surface area contributed by atoms with Crippen LogP contribution in [0.2, 0.25) is 5.02 Å². The molecule has 2 N–H and O–H groups in total. The van der Waals surface area contributed by atoms with Gasteiger partial charge in [-0.05, 0) is 41.8 Å². The molecule has 0 aliphatic carbocycles. The Morgan fingerprint density at radius 2 is 1.89 bits per heavy atom. The van der Waals surface area contributed by atoms with Crippen LogP contribution in [0.25, 0.3) is 0 Å². The number of hydrogen-bond acceptors (Lipinski definition) is 1. The summed E-state index contributed by atoms with van der Waals surface area (Å²) in [7, 11) is 0. The largest absolute Gasteiger partial charge is 0.324 e. The molecule has 0 saturated heterocycles. The zero-order valence-electron chi connectivity index (χ0n) is 9.54. The van der Waals surface area contributed by atoms with Crippen LogP contribution in [-0.4, -0.2) is 0 Å². The first-order chi connectivity index (χ1) is 8.56. The van der Waals surface area contributed by atoms with Crippen molar-refractivity contribution in [2.75, 3.05) is 0 Å². The molecule has 1 atom stereocenters. The minimum Gasteiger partial charge on any atom is -0.324 e. The van der Waals surface area contributed by atoms with Gasteiger partial charge in [0.25, 0.3) is 0 Å². The van der Waals surface area contributed by atoms with E-state index in [0.29, 0.717) is 0 Å². The lowest BCUT2D eigenvalue weighted by atomic mass is 10.00. The van der Waals surface area contributed by atoms with E-state index in [2.05, 4.69) is 31.9 Å². The molecule has 18 heavy (non-hydrogen) atoms. The van der Waals surface area contributed by atoms with Gasteiger partial charge in [-0.1, -0.05) is 61.7 Å². The van der Waals surface area contributed by atoms with Crippen molar-refractivity contribution >= 4 is 43.5 Å². The third-order valence-corrected chi connectivity index (χ3v) is 4.12. The van der Waals surface area contributed by atoms with Crippen LogP contribution in [0.3, 0.4) is 0 Å². The third kappa shape index (κ3) is 3.58. The summed E-state index contributed by atoms with van der Waals surface area (Å²) in [4.78, 5) is 0. The highest BCUT2D eigenvalue weighted by molar-refractivity contribution is 9.11. The van der Waals surface area contributed by atoms with Crippen LogP contribution in [0.1, 0.15) is 17.2 Å². The average molecular weight is 390 g/mol. The number of benzene rings is 2. The first-order valence-corrected chi connectivity index (χ1v) is 7.47. The fourth-order valence-corrected chi connectivity index (χ4v) is 3.38. The molecule has 4 heteroatoms. The Morgan fingerprint density at radius 3 is 2.56 bits per heavy atom. The van der Waals surface area contributed by atoms with Crippen molar-refractivity contribution < 1.29 is 0 Å². The lowest BCUT2D eigenvalue weighted by Gasteiger charge is -2.14. The molecule has 0 amide bonds. The summed E-state index contributed by atoms with van der Waals surface area (Å²) >= 11 is 12.9. The summed E-state index contributed by atoms with van der Waals surface area (Å²) in [5, 5.41) is 0.745. The van der Waals surface area contributed by atoms with Gasteiger partial charge in [0.1, 0.15) is 0 Å². The number of nitrogens with two attached hydrogens (primary N) is 1. The van der Waals surface area contributed by atoms with E-state index in [-0.39, 0.29) is 6.04 Å². The van der Waals surface area contributed by atoms with Gasteiger partial charge in [-0.3, -0.25) is 0 Å². The number of halogens is 3. The predicted molar refractivity (Wildman–Crippen MR) is 83.9 cm³/mol. The minimum atomic E-state index is -0.0501. The van der Waals surface area contributed by atoms with Crippen LogP contribution in [0, 0.1) is 0 Å². The zero-order valence-corrected chi connectivity index (χ0v) is 13.5. The lowest BCUT2D eigenvalue weighted by Crippen LogP contribution is -2.13. The number of hydrogen-bond donors (Lipinski definition) is 1. The minimum absolute atomic E-state index is 0.0501. The molecule has 0 fully saturated rings. The summed E-state index contributed by atoms with van der Waals surface area (Å²) in [5.41, 5.74) is 8.48. The Bertz CT molecular complexity index is 557. The highest BCUT2D eigenvalue weighted by Crippen LogP contribution is 2.28. The van der Waals surface area contributed by atoms with Crippen LogP contribution < -0.4 is 5.73 Å². The highest BCUT2D eigenvalue weighted by atomic mass is 79.9. The maximum atomic E-state index is 6.24. The van der Waals surface area contributed by atoms with Gasteiger partial charge in [-0.15, -0.1) is 0 Å². The Kier molecular flexibility index (Phi) is 4.84. The molecule has 0 aliphatic rings. The Labute approximate surface area is 129 Å². The summed E-state index contributed by atoms with van der Waals surface area (Å²) in [6, 6.07) is 13.8. The van der Waals surface area contributed by atoms with Crippen LogP contribution in [0.4, 0.5) is 0 Å². The van der Waals surface area contributed by atoms with Crippen LogP contribution in [0.15, 0.2) is 51.4 Å². The molecule has 0 spiro atoms. The van der Waals surface area contributed by atoms with Gasteiger partial charge in [0, 0.05) is 20.0 Å². The van der Waals surface area contributed by atoms with E-state index in [1.54, 1.807) is 0 Å². The fraction of sp³-hybridized carbons (Fsp3) is 0.143. The monoisotopic (exact) mass is 387 g/mol. The molecule has 0 radical (unpaired) electrons. The van der Waals surface area contributed by atoms with Crippen LogP contribution in [0.5, 0.6) is 0 Å². The van der Waals surface area contributed by atoms with Gasteiger partial charge in [-0.2, -0.15) is 0 Å². The maximum absolute atomic E-state index is 6.24. The van der Waals surface area contributed by atoms with E-state index in [1.807, 2.05) is 42.5 Å². The van der Waals surface area contributed by atoms with Crippen molar-refractivity contribution in [1.82, 2.24) is 0 Å². The molecule has 0 saturated carbocycles. The fourth-order valence-electron chi connectivity index (χ4n) is 1.83. The van der Waals surface area contributed by atoms with Gasteiger partial charge in [0.05, 0.1) is 0 Å². The molecular formula is C14H12Br2ClN. The molecule has 0 aliphatic heterocycles. The van der Waals surface area contributed by atoms with Crippen molar-refractivity contribution in [2.24, 2.45) is 5.73 Å². The van der Waals surface area contributed by atoms with Gasteiger partial charge in [-0.25, -0.2) is 0 Å². The second-order valence-corrected chi connectivity index (χ2v) is 6.31. The van der Waals surface area contributed by atoms with E-state index < -0.39 is 0 Å². The first kappa shape index (κ1) is 14.1. The van der Waals surface area contributed by atoms with Gasteiger partial charge in [0.2, 0.25) is 0 Å². The van der Waals surface area contributed by atoms with Crippen LogP contribution in [-0.2, 0) is 6.42 Å². The second-order valence-electron chi connectivity index (χ2n) is 4.11. The SMILES string of the molecule is NC(Cc1cccc(Cl)c1)c1ccc(Br)cc1Br. The summed E-state index contributed by atoms with van der Waals surface area (Å²) in [6.07, 6.45) is 0.765. The molecule has 1 nitrogen and oxygen atoms in total. The zero-order chi connectivity index (χ0) is 13.1. The smallest absolute Gasteiger partial charge is 0.0408 e. The van der Waals surface area contributed by atoms with E-state index in [0.717, 1.165) is 31.5 Å². The van der Waals surface area contributed by atoms with Gasteiger partial charge in [0.15, 0.2) is 0 Å². The van der Waals surface area contributed by atoms with E-state index in [1.165, 1.54) is 0 Å². The van der Waals surface area contributed by atoms with Crippen LogP contribution >= 0.6 is 43.5 Å². The average Bonchev–Trinajstić information content (AvgIpc) is 2.28. The van der Waals surface area contributed by atoms with Crippen molar-refractivity contribution in [3.05, 3.63) is 67.6 Å². The molecule has 0 heterocycles. The van der Waals surface area contributed by atoms with Crippen molar-refractivity contribution in [3.8, 4) is 0 Å². The summed E-state index contributed by atoms with van der Waals surface area (Å²) in [6.45, 7) is 0. The number of rotatable bonds is 3. The van der Waals surface area contributed by atoms with E-state index >= 15 is 0 Å². The highest BCUT2D eigenvalue weighted by Gasteiger charge is 2.11. The molecule has 0 aromatic heterocycles. The standard InChI is InChI=1S/C14H12Br2ClN/c15-10-4-5-12(13(16)8-10)14(18)7-9-2-1-3-11(17)6-9/h1-6,8,14H,7,18H2. The molecule has 0 bridgehead atoms. The van der Waals surface area contributed by atoms with E-state index in [9.17, 15) is 0 Å². The Balaban J connectivity index is 2.19. The Morgan fingerprint density at radius 1 is 1.11 bits per heavy atom.